The maximum atomic E-state index is 5.75. The molecule has 4 heteroatoms. The summed E-state index contributed by atoms with van der Waals surface area (Å²) >= 11 is 9.35. The van der Waals surface area contributed by atoms with E-state index in [1.807, 2.05) is 12.3 Å². The maximum absolute atomic E-state index is 5.75. The molecule has 0 aliphatic rings. The van der Waals surface area contributed by atoms with Crippen molar-refractivity contribution in [3.63, 3.8) is 0 Å². The molecule has 0 unspecified atom stereocenters. The number of hydrogen-bond donors (Lipinski definition) is 0. The molecule has 1 aromatic rings. The Balaban J connectivity index is 2.96. The van der Waals surface area contributed by atoms with Gasteiger partial charge in [0.25, 0.3) is 0 Å². The SMILES string of the molecule is Cc1ccnc(N(CCCCl)C(C)C)c1Br. The van der Waals surface area contributed by atoms with Gasteiger partial charge in [0.1, 0.15) is 5.82 Å². The minimum Gasteiger partial charge on any atom is -0.353 e. The number of halogens is 2. The second-order valence-corrected chi connectivity index (χ2v) is 5.27. The van der Waals surface area contributed by atoms with Gasteiger partial charge in [0.15, 0.2) is 0 Å². The van der Waals surface area contributed by atoms with Crippen molar-refractivity contribution in [2.24, 2.45) is 0 Å². The van der Waals surface area contributed by atoms with Crippen LogP contribution in [0.15, 0.2) is 16.7 Å². The molecule has 1 heterocycles. The van der Waals surface area contributed by atoms with E-state index in [9.17, 15) is 0 Å². The normalized spacial score (nSPS) is 10.9. The highest BCUT2D eigenvalue weighted by Gasteiger charge is 2.15. The second kappa shape index (κ2) is 6.45. The third kappa shape index (κ3) is 3.36. The topological polar surface area (TPSA) is 16.1 Å². The molecular weight excluding hydrogens is 288 g/mol. The van der Waals surface area contributed by atoms with Crippen LogP contribution in [0.3, 0.4) is 0 Å². The number of pyridine rings is 1. The number of alkyl halides is 1. The van der Waals surface area contributed by atoms with Gasteiger partial charge < -0.3 is 4.90 Å². The molecule has 1 aromatic heterocycles. The molecule has 0 aliphatic carbocycles. The van der Waals surface area contributed by atoms with Crippen LogP contribution >= 0.6 is 27.5 Å². The molecule has 0 atom stereocenters. The molecule has 0 aromatic carbocycles. The van der Waals surface area contributed by atoms with Gasteiger partial charge in [-0.15, -0.1) is 11.6 Å². The highest BCUT2D eigenvalue weighted by atomic mass is 79.9. The first kappa shape index (κ1) is 13.8. The predicted octanol–water partition coefficient (Wildman–Crippen LogP) is 4.00. The lowest BCUT2D eigenvalue weighted by Crippen LogP contribution is -2.33. The highest BCUT2D eigenvalue weighted by Crippen LogP contribution is 2.28. The summed E-state index contributed by atoms with van der Waals surface area (Å²) in [7, 11) is 0. The van der Waals surface area contributed by atoms with Crippen LogP contribution in [0.4, 0.5) is 5.82 Å². The second-order valence-electron chi connectivity index (χ2n) is 4.10. The van der Waals surface area contributed by atoms with Crippen LogP contribution in [-0.2, 0) is 0 Å². The molecule has 0 fully saturated rings. The van der Waals surface area contributed by atoms with Crippen LogP contribution in [0.2, 0.25) is 0 Å². The highest BCUT2D eigenvalue weighted by molar-refractivity contribution is 9.10. The zero-order chi connectivity index (χ0) is 12.1. The number of anilines is 1. The van der Waals surface area contributed by atoms with E-state index in [4.69, 9.17) is 11.6 Å². The first-order chi connectivity index (χ1) is 7.57. The van der Waals surface area contributed by atoms with Crippen molar-refractivity contribution in [2.75, 3.05) is 17.3 Å². The lowest BCUT2D eigenvalue weighted by Gasteiger charge is -2.28. The number of aryl methyl sites for hydroxylation is 1. The van der Waals surface area contributed by atoms with Crippen LogP contribution in [-0.4, -0.2) is 23.5 Å². The molecule has 16 heavy (non-hydrogen) atoms. The summed E-state index contributed by atoms with van der Waals surface area (Å²) in [5.74, 6) is 1.70. The van der Waals surface area contributed by atoms with Gasteiger partial charge in [0.2, 0.25) is 0 Å². The smallest absolute Gasteiger partial charge is 0.143 e. The van der Waals surface area contributed by atoms with Crippen molar-refractivity contribution in [3.8, 4) is 0 Å². The molecule has 90 valence electrons. The molecule has 0 N–H and O–H groups in total. The third-order valence-corrected chi connectivity index (χ3v) is 3.74. The van der Waals surface area contributed by atoms with E-state index < -0.39 is 0 Å². The molecule has 1 rings (SSSR count). The Hall–Kier alpha value is -0.280. The number of aromatic nitrogens is 1. The molecule has 0 amide bonds. The number of rotatable bonds is 5. The van der Waals surface area contributed by atoms with Gasteiger partial charge in [-0.05, 0) is 54.8 Å². The average Bonchev–Trinajstić information content (AvgIpc) is 2.24. The van der Waals surface area contributed by atoms with Crippen LogP contribution in [0.1, 0.15) is 25.8 Å². The summed E-state index contributed by atoms with van der Waals surface area (Å²) in [6.45, 7) is 7.36. The molecule has 0 saturated carbocycles. The van der Waals surface area contributed by atoms with Gasteiger partial charge in [0.05, 0.1) is 4.47 Å². The quantitative estimate of drug-likeness (QED) is 0.765. The average molecular weight is 306 g/mol. The van der Waals surface area contributed by atoms with Crippen molar-refractivity contribution in [1.82, 2.24) is 4.98 Å². The Kier molecular flexibility index (Phi) is 5.56. The first-order valence-corrected chi connectivity index (χ1v) is 6.84. The van der Waals surface area contributed by atoms with E-state index in [-0.39, 0.29) is 0 Å². The van der Waals surface area contributed by atoms with Crippen LogP contribution in [0.5, 0.6) is 0 Å². The fourth-order valence-corrected chi connectivity index (χ4v) is 2.15. The lowest BCUT2D eigenvalue weighted by atomic mass is 10.2. The largest absolute Gasteiger partial charge is 0.353 e. The summed E-state index contributed by atoms with van der Waals surface area (Å²) in [4.78, 5) is 6.73. The summed E-state index contributed by atoms with van der Waals surface area (Å²) in [5, 5.41) is 0. The minimum atomic E-state index is 0.425. The number of hydrogen-bond acceptors (Lipinski definition) is 2. The van der Waals surface area contributed by atoms with E-state index in [1.54, 1.807) is 0 Å². The summed E-state index contributed by atoms with van der Waals surface area (Å²) in [5.41, 5.74) is 1.21. The first-order valence-electron chi connectivity index (χ1n) is 5.51. The summed E-state index contributed by atoms with van der Waals surface area (Å²) in [6, 6.07) is 2.43. The predicted molar refractivity (Wildman–Crippen MR) is 74.5 cm³/mol. The maximum Gasteiger partial charge on any atom is 0.143 e. The Labute approximate surface area is 111 Å². The van der Waals surface area contributed by atoms with Gasteiger partial charge in [-0.1, -0.05) is 0 Å². The monoisotopic (exact) mass is 304 g/mol. The van der Waals surface area contributed by atoms with Crippen molar-refractivity contribution in [3.05, 3.63) is 22.3 Å². The summed E-state index contributed by atoms with van der Waals surface area (Å²) < 4.78 is 1.08. The van der Waals surface area contributed by atoms with Crippen LogP contribution in [0, 0.1) is 6.92 Å². The fourth-order valence-electron chi connectivity index (χ4n) is 1.56. The molecule has 0 radical (unpaired) electrons. The molecule has 2 nitrogen and oxygen atoms in total. The van der Waals surface area contributed by atoms with Crippen LogP contribution < -0.4 is 4.90 Å². The van der Waals surface area contributed by atoms with E-state index in [1.165, 1.54) is 5.56 Å². The lowest BCUT2D eigenvalue weighted by molar-refractivity contribution is 0.662. The Bertz CT molecular complexity index is 342. The van der Waals surface area contributed by atoms with Gasteiger partial charge >= 0.3 is 0 Å². The zero-order valence-electron chi connectivity index (χ0n) is 10.0. The van der Waals surface area contributed by atoms with E-state index >= 15 is 0 Å². The van der Waals surface area contributed by atoms with Crippen molar-refractivity contribution in [2.45, 2.75) is 33.2 Å². The molecule has 0 bridgehead atoms. The minimum absolute atomic E-state index is 0.425. The Morgan fingerprint density at radius 1 is 1.50 bits per heavy atom. The van der Waals surface area contributed by atoms with E-state index in [2.05, 4.69) is 46.6 Å². The van der Waals surface area contributed by atoms with Gasteiger partial charge in [-0.2, -0.15) is 0 Å². The Morgan fingerprint density at radius 2 is 2.19 bits per heavy atom. The molecule has 0 aliphatic heterocycles. The van der Waals surface area contributed by atoms with Crippen molar-refractivity contribution < 1.29 is 0 Å². The molecular formula is C12H18BrClN2. The molecule has 0 spiro atoms. The van der Waals surface area contributed by atoms with Gasteiger partial charge in [0, 0.05) is 24.7 Å². The van der Waals surface area contributed by atoms with Crippen molar-refractivity contribution in [1.29, 1.82) is 0 Å². The molecule has 0 saturated heterocycles. The van der Waals surface area contributed by atoms with E-state index in [0.717, 1.165) is 23.3 Å². The van der Waals surface area contributed by atoms with Gasteiger partial charge in [-0.25, -0.2) is 4.98 Å². The standard InChI is InChI=1S/C12H18BrClN2/c1-9(2)16(8-4-6-14)12-11(13)10(3)5-7-15-12/h5,7,9H,4,6,8H2,1-3H3. The van der Waals surface area contributed by atoms with Crippen LogP contribution in [0.25, 0.3) is 0 Å². The number of nitrogens with zero attached hydrogens (tertiary/aromatic N) is 2. The van der Waals surface area contributed by atoms with E-state index in [0.29, 0.717) is 11.9 Å². The van der Waals surface area contributed by atoms with Gasteiger partial charge in [-0.3, -0.25) is 0 Å². The van der Waals surface area contributed by atoms with Crippen molar-refractivity contribution >= 4 is 33.3 Å². The Morgan fingerprint density at radius 3 is 2.75 bits per heavy atom. The summed E-state index contributed by atoms with van der Waals surface area (Å²) in [6.07, 6.45) is 2.83. The fraction of sp³-hybridized carbons (Fsp3) is 0.583. The third-order valence-electron chi connectivity index (χ3n) is 2.49. The zero-order valence-corrected chi connectivity index (χ0v) is 12.3.